The molecule has 0 saturated heterocycles. The van der Waals surface area contributed by atoms with Crippen LogP contribution in [0.2, 0.25) is 32.2 Å². The number of hydrogen-bond donors (Lipinski definition) is 3. The maximum absolute atomic E-state index is 8.31. The van der Waals surface area contributed by atoms with E-state index >= 15 is 0 Å². The van der Waals surface area contributed by atoms with Crippen molar-refractivity contribution in [3.8, 4) is 0 Å². The minimum absolute atomic E-state index is 0.156. The fourth-order valence-corrected chi connectivity index (χ4v) is 1.82. The lowest BCUT2D eigenvalue weighted by atomic mass is 10.4. The molecule has 27 heavy (non-hydrogen) atoms. The molecule has 0 radical (unpaired) electrons. The molecular weight excluding hydrogens is 392 g/mol. The first-order chi connectivity index (χ1) is 13.2. The number of aliphatic hydroxyl groups excluding tert-OH is 2. The van der Waals surface area contributed by atoms with Gasteiger partial charge in [-0.05, 0) is 19.3 Å². The Morgan fingerprint density at radius 3 is 1.48 bits per heavy atom. The predicted octanol–water partition coefficient (Wildman–Crippen LogP) is 2.23. The molecule has 0 aromatic rings. The summed E-state index contributed by atoms with van der Waals surface area (Å²) in [5, 5.41) is 15.3. The first kappa shape index (κ1) is 41.7. The van der Waals surface area contributed by atoms with Gasteiger partial charge in [-0.25, -0.2) is 0 Å². The summed E-state index contributed by atoms with van der Waals surface area (Å²) in [6.07, 6.45) is 4.77. The van der Waals surface area contributed by atoms with Crippen molar-refractivity contribution in [2.24, 2.45) is 0 Å². The number of ether oxygens (including phenoxy) is 2. The van der Waals surface area contributed by atoms with E-state index in [1.165, 1.54) is 25.3 Å². The second kappa shape index (κ2) is 71.8. The molecule has 0 atom stereocenters. The van der Waals surface area contributed by atoms with Crippen LogP contribution in [-0.4, -0.2) is 84.0 Å². The molecule has 0 aromatic carbocycles. The van der Waals surface area contributed by atoms with Crippen LogP contribution < -0.4 is 0 Å². The molecule has 0 aliphatic heterocycles. The fourth-order valence-electron chi connectivity index (χ4n) is 1.11. The Bertz CT molecular complexity index is 135. The molecule has 8 heteroatoms. The maximum atomic E-state index is 8.31. The predicted molar refractivity (Wildman–Crippen MR) is 134 cm³/mol. The van der Waals surface area contributed by atoms with Gasteiger partial charge in [-0.2, -0.15) is 0 Å². The maximum Gasteiger partial charge on any atom is 0.153 e. The summed E-state index contributed by atoms with van der Waals surface area (Å²) < 4.78 is 10.3. The lowest BCUT2D eigenvalue weighted by Gasteiger charge is -1.98. The van der Waals surface area contributed by atoms with Crippen LogP contribution in [0.1, 0.15) is 53.4 Å². The van der Waals surface area contributed by atoms with Gasteiger partial charge in [0.15, 0.2) is 9.76 Å². The van der Waals surface area contributed by atoms with E-state index in [2.05, 4.69) is 33.5 Å². The minimum Gasteiger partial charge on any atom is -0.438 e. The standard InChI is InChI=1S/C7H16O.C6H16O2Si.C2H8Si.C2H6.CH6OSi.CH4O/c1-3-5-7-8-6-4-2;1-9-6-2-4-8-5-3-7;1-3-2;1-2;1-3-2;1-2/h3-7H2,1-2H3;7H,2-6,9H2,1H3;3H2,1-2H3;1-2H3;2H,3H2,1H3;2H,1H3. The van der Waals surface area contributed by atoms with Crippen molar-refractivity contribution in [3.63, 3.8) is 0 Å². The van der Waals surface area contributed by atoms with Crippen LogP contribution >= 0.6 is 0 Å². The van der Waals surface area contributed by atoms with Gasteiger partial charge >= 0.3 is 0 Å². The average Bonchev–Trinajstić information content (AvgIpc) is 2.70. The topological polar surface area (TPSA) is 79.2 Å². The second-order valence-electron chi connectivity index (χ2n) is 5.03. The lowest BCUT2D eigenvalue weighted by molar-refractivity contribution is 0.0928. The SMILES string of the molecule is CC.CCCCOCCC.CO.C[SiH2]C.C[SiH2]CCCOCCO.C[SiH2]O. The van der Waals surface area contributed by atoms with Gasteiger partial charge in [-0.3, -0.25) is 0 Å². The van der Waals surface area contributed by atoms with Gasteiger partial charge in [-0.15, -0.1) is 0 Å². The third kappa shape index (κ3) is 121. The lowest BCUT2D eigenvalue weighted by Crippen LogP contribution is -2.00. The highest BCUT2D eigenvalue weighted by Crippen LogP contribution is 1.88. The zero-order chi connectivity index (χ0) is 22.6. The van der Waals surface area contributed by atoms with Gasteiger partial charge in [-0.1, -0.05) is 66.3 Å². The molecule has 0 saturated carbocycles. The molecule has 5 nitrogen and oxygen atoms in total. The zero-order valence-corrected chi connectivity index (χ0v) is 24.6. The molecular formula is C19H56O5Si3. The van der Waals surface area contributed by atoms with Gasteiger partial charge in [0.05, 0.1) is 13.2 Å². The Kier molecular flexibility index (Phi) is 111. The zero-order valence-electron chi connectivity index (χ0n) is 20.4. The quantitative estimate of drug-likeness (QED) is 0.334. The van der Waals surface area contributed by atoms with E-state index in [0.717, 1.165) is 33.4 Å². The molecule has 0 amide bonds. The van der Waals surface area contributed by atoms with Crippen molar-refractivity contribution < 1.29 is 24.5 Å². The molecule has 0 aliphatic rings. The van der Waals surface area contributed by atoms with E-state index in [4.69, 9.17) is 24.5 Å². The monoisotopic (exact) mass is 448 g/mol. The van der Waals surface area contributed by atoms with Crippen LogP contribution in [0.5, 0.6) is 0 Å². The van der Waals surface area contributed by atoms with Crippen molar-refractivity contribution >= 4 is 28.8 Å². The first-order valence-electron chi connectivity index (χ1n) is 11.0. The van der Waals surface area contributed by atoms with Gasteiger partial charge in [0.25, 0.3) is 0 Å². The summed E-state index contributed by atoms with van der Waals surface area (Å²) in [4.78, 5) is 7.71. The van der Waals surface area contributed by atoms with Crippen molar-refractivity contribution in [3.05, 3.63) is 0 Å². The van der Waals surface area contributed by atoms with Crippen LogP contribution in [-0.2, 0) is 9.47 Å². The molecule has 3 N–H and O–H groups in total. The third-order valence-electron chi connectivity index (χ3n) is 2.12. The molecule has 0 fully saturated rings. The number of unbranched alkanes of at least 4 members (excludes halogenated alkanes) is 1. The number of rotatable bonds is 11. The molecule has 0 spiro atoms. The Morgan fingerprint density at radius 2 is 1.15 bits per heavy atom. The summed E-state index contributed by atoms with van der Waals surface area (Å²) in [5.41, 5.74) is 0. The van der Waals surface area contributed by atoms with Gasteiger partial charge < -0.3 is 24.5 Å². The van der Waals surface area contributed by atoms with E-state index < -0.39 is 9.76 Å². The molecule has 0 heterocycles. The molecule has 0 unspecified atom stereocenters. The fraction of sp³-hybridized carbons (Fsp3) is 1.00. The van der Waals surface area contributed by atoms with E-state index in [1.807, 2.05) is 20.4 Å². The largest absolute Gasteiger partial charge is 0.438 e. The highest BCUT2D eigenvalue weighted by molar-refractivity contribution is 6.33. The van der Waals surface area contributed by atoms with Gasteiger partial charge in [0.2, 0.25) is 0 Å². The van der Waals surface area contributed by atoms with Gasteiger partial charge in [0, 0.05) is 46.0 Å². The summed E-state index contributed by atoms with van der Waals surface area (Å²) in [7, 11) is 1.07. The van der Waals surface area contributed by atoms with E-state index in [1.54, 1.807) is 0 Å². The van der Waals surface area contributed by atoms with Crippen LogP contribution in [0, 0.1) is 0 Å². The summed E-state index contributed by atoms with van der Waals surface area (Å²) in [5.74, 6) is 0. The van der Waals surface area contributed by atoms with Crippen molar-refractivity contribution in [1.82, 2.24) is 0 Å². The Hall–Kier alpha value is 0.451. The first-order valence-corrected chi connectivity index (χ1v) is 18.3. The smallest absolute Gasteiger partial charge is 0.153 e. The molecule has 0 aromatic heterocycles. The minimum atomic E-state index is -0.583. The Labute approximate surface area is 179 Å². The number of aliphatic hydroxyl groups is 2. The average molecular weight is 449 g/mol. The Morgan fingerprint density at radius 1 is 0.741 bits per heavy atom. The van der Waals surface area contributed by atoms with Crippen molar-refractivity contribution in [2.75, 3.05) is 40.1 Å². The highest BCUT2D eigenvalue weighted by Gasteiger charge is 1.85. The number of hydrogen-bond acceptors (Lipinski definition) is 5. The van der Waals surface area contributed by atoms with E-state index in [9.17, 15) is 0 Å². The third-order valence-corrected chi connectivity index (χ3v) is 3.33. The molecule has 0 rings (SSSR count). The van der Waals surface area contributed by atoms with Gasteiger partial charge in [0.1, 0.15) is 0 Å². The molecule has 0 bridgehead atoms. The van der Waals surface area contributed by atoms with E-state index in [-0.39, 0.29) is 16.1 Å². The summed E-state index contributed by atoms with van der Waals surface area (Å²) >= 11 is 0. The second-order valence-corrected chi connectivity index (χ2v) is 8.79. The van der Waals surface area contributed by atoms with Crippen molar-refractivity contribution in [1.29, 1.82) is 0 Å². The Balaban J connectivity index is -0.0000000556. The normalized spacial score (nSPS) is 8.89. The molecule has 0 aliphatic carbocycles. The molecule has 174 valence electrons. The van der Waals surface area contributed by atoms with Crippen LogP contribution in [0.25, 0.3) is 0 Å². The van der Waals surface area contributed by atoms with E-state index in [0.29, 0.717) is 16.1 Å². The van der Waals surface area contributed by atoms with Crippen molar-refractivity contribution in [2.45, 2.75) is 85.6 Å². The van der Waals surface area contributed by atoms with Crippen LogP contribution in [0.4, 0.5) is 0 Å². The summed E-state index contributed by atoms with van der Waals surface area (Å²) in [6, 6.07) is 1.37. The highest BCUT2D eigenvalue weighted by atomic mass is 28.2. The van der Waals surface area contributed by atoms with Crippen LogP contribution in [0.15, 0.2) is 0 Å². The summed E-state index contributed by atoms with van der Waals surface area (Å²) in [6.45, 7) is 20.3. The van der Waals surface area contributed by atoms with Crippen LogP contribution in [0.3, 0.4) is 0 Å².